The number of carbonyl (C=O) groups is 1. The van der Waals surface area contributed by atoms with Gasteiger partial charge in [0.2, 0.25) is 5.91 Å². The number of amides is 1. The van der Waals surface area contributed by atoms with E-state index in [0.717, 1.165) is 5.56 Å². The zero-order valence-corrected chi connectivity index (χ0v) is 11.0. The van der Waals surface area contributed by atoms with Crippen molar-refractivity contribution in [1.29, 1.82) is 0 Å². The monoisotopic (exact) mass is 250 g/mol. The van der Waals surface area contributed by atoms with Gasteiger partial charge in [-0.1, -0.05) is 49.5 Å². The number of thiocarbonyl (C=S) groups is 1. The highest BCUT2D eigenvalue weighted by Gasteiger charge is 2.27. The molecule has 1 atom stereocenters. The van der Waals surface area contributed by atoms with Gasteiger partial charge in [0.05, 0.1) is 16.9 Å². The fourth-order valence-electron chi connectivity index (χ4n) is 1.46. The quantitative estimate of drug-likeness (QED) is 0.784. The Hall–Kier alpha value is -1.42. The van der Waals surface area contributed by atoms with Crippen LogP contribution < -0.4 is 11.1 Å². The molecule has 1 unspecified atom stereocenters. The number of hydrogen-bond donors (Lipinski definition) is 2. The number of nitrogens with one attached hydrogen (secondary N) is 1. The largest absolute Gasteiger partial charge is 0.391 e. The van der Waals surface area contributed by atoms with Crippen LogP contribution in [0.5, 0.6) is 0 Å². The number of benzene rings is 1. The maximum absolute atomic E-state index is 11.9. The molecule has 3 N–H and O–H groups in total. The summed E-state index contributed by atoms with van der Waals surface area (Å²) >= 11 is 4.98. The second-order valence-electron chi connectivity index (χ2n) is 4.26. The van der Waals surface area contributed by atoms with Crippen LogP contribution >= 0.6 is 12.2 Å². The molecule has 4 heteroatoms. The van der Waals surface area contributed by atoms with Crippen LogP contribution in [0.3, 0.4) is 0 Å². The zero-order valence-electron chi connectivity index (χ0n) is 10.2. The summed E-state index contributed by atoms with van der Waals surface area (Å²) in [6.07, 6.45) is 1.03. The van der Waals surface area contributed by atoms with Crippen LogP contribution in [-0.4, -0.2) is 16.4 Å². The Morgan fingerprint density at radius 3 is 2.47 bits per heavy atom. The molecule has 3 nitrogen and oxygen atoms in total. The summed E-state index contributed by atoms with van der Waals surface area (Å²) in [6, 6.07) is 9.59. The number of hydrogen-bond acceptors (Lipinski definition) is 2. The third kappa shape index (κ3) is 3.82. The minimum absolute atomic E-state index is 0.0617. The molecule has 0 heterocycles. The predicted molar refractivity (Wildman–Crippen MR) is 73.8 cm³/mol. The van der Waals surface area contributed by atoms with Crippen molar-refractivity contribution in [2.24, 2.45) is 5.73 Å². The Labute approximate surface area is 107 Å². The summed E-state index contributed by atoms with van der Waals surface area (Å²) in [4.78, 5) is 12.2. The highest BCUT2D eigenvalue weighted by Crippen LogP contribution is 2.10. The summed E-state index contributed by atoms with van der Waals surface area (Å²) in [7, 11) is 0. The van der Waals surface area contributed by atoms with Gasteiger partial charge in [0, 0.05) is 0 Å². The van der Waals surface area contributed by atoms with Gasteiger partial charge in [-0.25, -0.2) is 0 Å². The topological polar surface area (TPSA) is 55.1 Å². The summed E-state index contributed by atoms with van der Waals surface area (Å²) in [5.41, 5.74) is 6.02. The molecule has 0 radical (unpaired) electrons. The maximum atomic E-state index is 11.9. The Balaban J connectivity index is 2.64. The second-order valence-corrected chi connectivity index (χ2v) is 4.70. The van der Waals surface area contributed by atoms with Crippen molar-refractivity contribution in [2.45, 2.75) is 32.2 Å². The Kier molecular flexibility index (Phi) is 4.63. The first-order valence-corrected chi connectivity index (χ1v) is 6.03. The molecule has 0 aliphatic rings. The lowest BCUT2D eigenvalue weighted by molar-refractivity contribution is -0.121. The molecule has 1 amide bonds. The van der Waals surface area contributed by atoms with Crippen LogP contribution in [0.1, 0.15) is 25.8 Å². The van der Waals surface area contributed by atoms with E-state index in [1.807, 2.05) is 44.2 Å². The van der Waals surface area contributed by atoms with Crippen LogP contribution in [0.15, 0.2) is 30.3 Å². The molecule has 0 aliphatic carbocycles. The Bertz CT molecular complexity index is 405. The molecular weight excluding hydrogens is 232 g/mol. The minimum Gasteiger partial charge on any atom is -0.391 e. The first-order chi connectivity index (χ1) is 7.98. The number of carbonyl (C=O) groups excluding carboxylic acids is 1. The third-order valence-electron chi connectivity index (χ3n) is 2.87. The Morgan fingerprint density at radius 1 is 1.41 bits per heavy atom. The SMILES string of the molecule is CCC(C)(NC(=O)Cc1ccccc1)C(N)=S. The van der Waals surface area contributed by atoms with E-state index in [2.05, 4.69) is 5.32 Å². The van der Waals surface area contributed by atoms with E-state index >= 15 is 0 Å². The molecule has 1 rings (SSSR count). The van der Waals surface area contributed by atoms with Crippen molar-refractivity contribution >= 4 is 23.1 Å². The third-order valence-corrected chi connectivity index (χ3v) is 3.32. The molecule has 0 saturated heterocycles. The number of nitrogens with two attached hydrogens (primary N) is 1. The van der Waals surface area contributed by atoms with E-state index in [1.165, 1.54) is 0 Å². The van der Waals surface area contributed by atoms with E-state index in [0.29, 0.717) is 17.8 Å². The lowest BCUT2D eigenvalue weighted by Gasteiger charge is -2.28. The van der Waals surface area contributed by atoms with Crippen molar-refractivity contribution in [3.05, 3.63) is 35.9 Å². The fraction of sp³-hybridized carbons (Fsp3) is 0.385. The minimum atomic E-state index is -0.596. The van der Waals surface area contributed by atoms with Crippen LogP contribution in [0.25, 0.3) is 0 Å². The van der Waals surface area contributed by atoms with Gasteiger partial charge in [-0.3, -0.25) is 4.79 Å². The molecule has 0 aromatic heterocycles. The van der Waals surface area contributed by atoms with Gasteiger partial charge in [-0.15, -0.1) is 0 Å². The lowest BCUT2D eigenvalue weighted by atomic mass is 9.98. The van der Waals surface area contributed by atoms with E-state index in [9.17, 15) is 4.79 Å². The van der Waals surface area contributed by atoms with Gasteiger partial charge < -0.3 is 11.1 Å². The zero-order chi connectivity index (χ0) is 12.9. The van der Waals surface area contributed by atoms with Crippen LogP contribution in [0.4, 0.5) is 0 Å². The maximum Gasteiger partial charge on any atom is 0.225 e. The van der Waals surface area contributed by atoms with Gasteiger partial charge >= 0.3 is 0 Å². The molecule has 0 spiro atoms. The van der Waals surface area contributed by atoms with E-state index in [1.54, 1.807) is 0 Å². The van der Waals surface area contributed by atoms with Gasteiger partial charge in [0.1, 0.15) is 0 Å². The molecule has 0 fully saturated rings. The molecule has 17 heavy (non-hydrogen) atoms. The van der Waals surface area contributed by atoms with Crippen molar-refractivity contribution in [1.82, 2.24) is 5.32 Å². The van der Waals surface area contributed by atoms with Crippen LogP contribution in [-0.2, 0) is 11.2 Å². The van der Waals surface area contributed by atoms with Gasteiger partial charge in [-0.2, -0.15) is 0 Å². The summed E-state index contributed by atoms with van der Waals surface area (Å²) in [5, 5.41) is 2.89. The van der Waals surface area contributed by atoms with E-state index in [-0.39, 0.29) is 5.91 Å². The van der Waals surface area contributed by atoms with Gasteiger partial charge in [-0.05, 0) is 18.9 Å². The average Bonchev–Trinajstić information content (AvgIpc) is 2.29. The fourth-order valence-corrected chi connectivity index (χ4v) is 1.65. The standard InChI is InChI=1S/C13H18N2OS/c1-3-13(2,12(14)17)15-11(16)9-10-7-5-4-6-8-10/h4-8H,3,9H2,1-2H3,(H2,14,17)(H,15,16). The average molecular weight is 250 g/mol. The second kappa shape index (κ2) is 5.77. The number of rotatable bonds is 5. The first-order valence-electron chi connectivity index (χ1n) is 5.63. The van der Waals surface area contributed by atoms with E-state index in [4.69, 9.17) is 18.0 Å². The lowest BCUT2D eigenvalue weighted by Crippen LogP contribution is -2.54. The smallest absolute Gasteiger partial charge is 0.225 e. The molecule has 92 valence electrons. The van der Waals surface area contributed by atoms with Crippen LogP contribution in [0, 0.1) is 0 Å². The molecule has 0 bridgehead atoms. The molecule has 0 aliphatic heterocycles. The molecule has 0 saturated carbocycles. The van der Waals surface area contributed by atoms with Crippen molar-refractivity contribution < 1.29 is 4.79 Å². The highest BCUT2D eigenvalue weighted by molar-refractivity contribution is 7.80. The Morgan fingerprint density at radius 2 is 2.00 bits per heavy atom. The van der Waals surface area contributed by atoms with Gasteiger partial charge in [0.15, 0.2) is 0 Å². The molecular formula is C13H18N2OS. The summed E-state index contributed by atoms with van der Waals surface area (Å²) < 4.78 is 0. The van der Waals surface area contributed by atoms with Crippen LogP contribution in [0.2, 0.25) is 0 Å². The summed E-state index contributed by atoms with van der Waals surface area (Å²) in [6.45, 7) is 3.79. The van der Waals surface area contributed by atoms with Crippen molar-refractivity contribution in [3.63, 3.8) is 0 Å². The van der Waals surface area contributed by atoms with Crippen molar-refractivity contribution in [2.75, 3.05) is 0 Å². The van der Waals surface area contributed by atoms with Gasteiger partial charge in [0.25, 0.3) is 0 Å². The van der Waals surface area contributed by atoms with Crippen molar-refractivity contribution in [3.8, 4) is 0 Å². The molecule has 1 aromatic carbocycles. The summed E-state index contributed by atoms with van der Waals surface area (Å²) in [5.74, 6) is -0.0617. The highest BCUT2D eigenvalue weighted by atomic mass is 32.1. The van der Waals surface area contributed by atoms with E-state index < -0.39 is 5.54 Å². The predicted octanol–water partition coefficient (Wildman–Crippen LogP) is 1.80. The normalized spacial score (nSPS) is 13.8. The molecule has 1 aromatic rings. The first kappa shape index (κ1) is 13.6.